The van der Waals surface area contributed by atoms with Crippen LogP contribution in [0.5, 0.6) is 28.7 Å². The third kappa shape index (κ3) is 4.65. The smallest absolute Gasteiger partial charge is 0.254 e. The van der Waals surface area contributed by atoms with Gasteiger partial charge in [0.1, 0.15) is 0 Å². The number of methoxy groups -OCH3 is 3. The molecule has 2 heterocycles. The van der Waals surface area contributed by atoms with E-state index in [1.807, 2.05) is 44.2 Å². The van der Waals surface area contributed by atoms with E-state index >= 15 is 0 Å². The van der Waals surface area contributed by atoms with E-state index in [0.717, 1.165) is 11.1 Å². The number of anilines is 1. The highest BCUT2D eigenvalue weighted by molar-refractivity contribution is 6.04. The SMILES string of the molecule is CCOc1cc2c(cc1OCC)[C@@H]1[C@H](C(=O)Nc3cc(OC)c(OC)c(OC)c3)c3ccccc3C(=O)N1CC2. The molecule has 0 unspecified atom stereocenters. The van der Waals surface area contributed by atoms with Gasteiger partial charge in [0.05, 0.1) is 46.5 Å². The fourth-order valence-corrected chi connectivity index (χ4v) is 5.73. The Balaban J connectivity index is 1.62. The Kier molecular flexibility index (Phi) is 7.73. The Morgan fingerprint density at radius 2 is 1.52 bits per heavy atom. The molecule has 0 radical (unpaired) electrons. The number of hydrogen-bond acceptors (Lipinski definition) is 7. The number of hydrogen-bond donors (Lipinski definition) is 1. The Labute approximate surface area is 233 Å². The number of carbonyl (C=O) groups is 2. The minimum atomic E-state index is -0.681. The van der Waals surface area contributed by atoms with Crippen molar-refractivity contribution >= 4 is 17.5 Å². The number of nitrogens with zero attached hydrogens (tertiary/aromatic N) is 1. The number of ether oxygens (including phenoxy) is 5. The summed E-state index contributed by atoms with van der Waals surface area (Å²) >= 11 is 0. The third-order valence-corrected chi connectivity index (χ3v) is 7.40. The molecule has 0 fully saturated rings. The van der Waals surface area contributed by atoms with Crippen LogP contribution in [0.15, 0.2) is 48.5 Å². The maximum atomic E-state index is 14.2. The van der Waals surface area contributed by atoms with E-state index in [1.54, 1.807) is 23.1 Å². The maximum Gasteiger partial charge on any atom is 0.254 e. The number of benzene rings is 3. The Bertz CT molecular complexity index is 1410. The Hall–Kier alpha value is -4.40. The lowest BCUT2D eigenvalue weighted by Gasteiger charge is -2.45. The van der Waals surface area contributed by atoms with E-state index in [2.05, 4.69) is 5.32 Å². The summed E-state index contributed by atoms with van der Waals surface area (Å²) in [6.45, 7) is 5.28. The fourth-order valence-electron chi connectivity index (χ4n) is 5.73. The highest BCUT2D eigenvalue weighted by atomic mass is 16.5. The standard InChI is InChI=1S/C31H34N2O7/c1-6-39-23-14-18-12-13-33-28(22(18)17-24(23)40-7-2)27(20-10-8-9-11-21(20)31(33)35)30(34)32-19-15-25(36-3)29(38-5)26(16-19)37-4/h8-11,14-17,27-28H,6-7,12-13H2,1-5H3,(H,32,34)/t27-,28-/m1/s1. The molecular weight excluding hydrogens is 512 g/mol. The van der Waals surface area contributed by atoms with Crippen LogP contribution < -0.4 is 29.0 Å². The number of amides is 2. The first kappa shape index (κ1) is 27.2. The lowest BCUT2D eigenvalue weighted by Crippen LogP contribution is -2.49. The van der Waals surface area contributed by atoms with Crippen LogP contribution in [0.4, 0.5) is 5.69 Å². The van der Waals surface area contributed by atoms with Crippen LogP contribution in [0.1, 0.15) is 52.9 Å². The van der Waals surface area contributed by atoms with Gasteiger partial charge in [-0.2, -0.15) is 0 Å². The number of rotatable bonds is 9. The molecule has 40 heavy (non-hydrogen) atoms. The van der Waals surface area contributed by atoms with E-state index in [1.165, 1.54) is 21.3 Å². The van der Waals surface area contributed by atoms with Crippen molar-refractivity contribution in [3.63, 3.8) is 0 Å². The summed E-state index contributed by atoms with van der Waals surface area (Å²) in [5.41, 5.74) is 3.61. The topological polar surface area (TPSA) is 95.6 Å². The number of fused-ring (bicyclic) bond motifs is 4. The van der Waals surface area contributed by atoms with E-state index in [9.17, 15) is 9.59 Å². The van der Waals surface area contributed by atoms with Gasteiger partial charge < -0.3 is 33.9 Å². The van der Waals surface area contributed by atoms with Crippen molar-refractivity contribution in [1.29, 1.82) is 0 Å². The second-order valence-corrected chi connectivity index (χ2v) is 9.53. The minimum absolute atomic E-state index is 0.0880. The first-order valence-corrected chi connectivity index (χ1v) is 13.4. The lowest BCUT2D eigenvalue weighted by molar-refractivity contribution is -0.119. The molecule has 2 amide bonds. The second-order valence-electron chi connectivity index (χ2n) is 9.53. The largest absolute Gasteiger partial charge is 0.493 e. The molecule has 5 rings (SSSR count). The molecule has 0 spiro atoms. The first-order chi connectivity index (χ1) is 19.4. The van der Waals surface area contributed by atoms with Crippen LogP contribution >= 0.6 is 0 Å². The van der Waals surface area contributed by atoms with Gasteiger partial charge in [0.15, 0.2) is 23.0 Å². The van der Waals surface area contributed by atoms with Gasteiger partial charge >= 0.3 is 0 Å². The van der Waals surface area contributed by atoms with Gasteiger partial charge in [-0.25, -0.2) is 0 Å². The fraction of sp³-hybridized carbons (Fsp3) is 0.355. The van der Waals surface area contributed by atoms with Crippen LogP contribution in [0.25, 0.3) is 0 Å². The van der Waals surface area contributed by atoms with Gasteiger partial charge in [-0.1, -0.05) is 18.2 Å². The van der Waals surface area contributed by atoms with Gasteiger partial charge in [0, 0.05) is 29.9 Å². The predicted octanol–water partition coefficient (Wildman–Crippen LogP) is 4.99. The molecule has 2 atom stereocenters. The van der Waals surface area contributed by atoms with Crippen molar-refractivity contribution in [2.45, 2.75) is 32.2 Å². The summed E-state index contributed by atoms with van der Waals surface area (Å²) in [6.07, 6.45) is 0.646. The molecule has 2 aliphatic rings. The second kappa shape index (κ2) is 11.4. The zero-order valence-corrected chi connectivity index (χ0v) is 23.4. The van der Waals surface area contributed by atoms with Crippen molar-refractivity contribution < 1.29 is 33.3 Å². The molecule has 0 aliphatic carbocycles. The molecule has 0 saturated carbocycles. The number of nitrogens with one attached hydrogen (secondary N) is 1. The highest BCUT2D eigenvalue weighted by Gasteiger charge is 2.46. The van der Waals surface area contributed by atoms with Crippen LogP contribution in [0.2, 0.25) is 0 Å². The molecule has 210 valence electrons. The zero-order valence-electron chi connectivity index (χ0n) is 23.4. The van der Waals surface area contributed by atoms with Gasteiger partial charge in [-0.15, -0.1) is 0 Å². The van der Waals surface area contributed by atoms with Crippen LogP contribution in [0, 0.1) is 0 Å². The molecule has 3 aromatic carbocycles. The average Bonchev–Trinajstić information content (AvgIpc) is 2.97. The van der Waals surface area contributed by atoms with Gasteiger partial charge in [0.25, 0.3) is 5.91 Å². The molecule has 0 aromatic heterocycles. The third-order valence-electron chi connectivity index (χ3n) is 7.40. The first-order valence-electron chi connectivity index (χ1n) is 13.4. The molecule has 0 bridgehead atoms. The van der Waals surface area contributed by atoms with E-state index in [0.29, 0.717) is 71.7 Å². The molecule has 3 aromatic rings. The Morgan fingerprint density at radius 3 is 2.15 bits per heavy atom. The van der Waals surface area contributed by atoms with Crippen molar-refractivity contribution in [1.82, 2.24) is 4.90 Å². The van der Waals surface area contributed by atoms with Crippen LogP contribution in [-0.4, -0.2) is 57.8 Å². The van der Waals surface area contributed by atoms with E-state index < -0.39 is 12.0 Å². The molecule has 9 heteroatoms. The molecule has 1 N–H and O–H groups in total. The van der Waals surface area contributed by atoms with Gasteiger partial charge in [-0.05, 0) is 55.2 Å². The summed E-state index contributed by atoms with van der Waals surface area (Å²) < 4.78 is 28.2. The number of carbonyl (C=O) groups excluding carboxylic acids is 2. The van der Waals surface area contributed by atoms with Gasteiger partial charge in [0.2, 0.25) is 11.7 Å². The van der Waals surface area contributed by atoms with E-state index in [-0.39, 0.29) is 11.8 Å². The Morgan fingerprint density at radius 1 is 0.875 bits per heavy atom. The summed E-state index contributed by atoms with van der Waals surface area (Å²) in [5, 5.41) is 3.06. The molecule has 9 nitrogen and oxygen atoms in total. The molecule has 2 aliphatic heterocycles. The van der Waals surface area contributed by atoms with Crippen molar-refractivity contribution in [2.24, 2.45) is 0 Å². The maximum absolute atomic E-state index is 14.2. The lowest BCUT2D eigenvalue weighted by atomic mass is 9.75. The monoisotopic (exact) mass is 546 g/mol. The minimum Gasteiger partial charge on any atom is -0.493 e. The van der Waals surface area contributed by atoms with Crippen molar-refractivity contribution in [2.75, 3.05) is 46.4 Å². The van der Waals surface area contributed by atoms with Crippen LogP contribution in [-0.2, 0) is 11.2 Å². The molecular formula is C31H34N2O7. The summed E-state index contributed by atoms with van der Waals surface area (Å²) in [6, 6.07) is 14.1. The predicted molar refractivity (Wildman–Crippen MR) is 150 cm³/mol. The van der Waals surface area contributed by atoms with Crippen LogP contribution in [0.3, 0.4) is 0 Å². The van der Waals surface area contributed by atoms with Crippen molar-refractivity contribution in [3.8, 4) is 28.7 Å². The van der Waals surface area contributed by atoms with Crippen molar-refractivity contribution in [3.05, 3.63) is 70.8 Å². The summed E-state index contributed by atoms with van der Waals surface area (Å²) in [5.74, 6) is 1.50. The van der Waals surface area contributed by atoms with E-state index in [4.69, 9.17) is 23.7 Å². The normalized spacial score (nSPS) is 17.2. The zero-order chi connectivity index (χ0) is 28.4. The summed E-state index contributed by atoms with van der Waals surface area (Å²) in [7, 11) is 4.57. The summed E-state index contributed by atoms with van der Waals surface area (Å²) in [4.78, 5) is 29.7. The average molecular weight is 547 g/mol. The highest BCUT2D eigenvalue weighted by Crippen LogP contribution is 2.49. The molecule has 0 saturated heterocycles. The quantitative estimate of drug-likeness (QED) is 0.404. The van der Waals surface area contributed by atoms with Gasteiger partial charge in [-0.3, -0.25) is 9.59 Å².